The van der Waals surface area contributed by atoms with E-state index < -0.39 is 5.41 Å². The first-order valence-corrected chi connectivity index (χ1v) is 8.75. The maximum Gasteiger partial charge on any atom is 0.244 e. The zero-order chi connectivity index (χ0) is 18.0. The monoisotopic (exact) mass is 340 g/mol. The summed E-state index contributed by atoms with van der Waals surface area (Å²) < 4.78 is 0. The van der Waals surface area contributed by atoms with Crippen molar-refractivity contribution < 1.29 is 9.59 Å². The first kappa shape index (κ1) is 17.4. The SMILES string of the molecule is CC(C)(C#N)C(=O)N1CCN(C2CCN(c3ccccc3)C2=O)CC1. The third-order valence-electron chi connectivity index (χ3n) is 5.10. The molecule has 1 unspecified atom stereocenters. The van der Waals surface area contributed by atoms with E-state index in [4.69, 9.17) is 5.26 Å². The van der Waals surface area contributed by atoms with Gasteiger partial charge in [-0.3, -0.25) is 14.5 Å². The number of benzene rings is 1. The van der Waals surface area contributed by atoms with Crippen LogP contribution in [0.2, 0.25) is 0 Å². The summed E-state index contributed by atoms with van der Waals surface area (Å²) in [4.78, 5) is 30.9. The lowest BCUT2D eigenvalue weighted by Crippen LogP contribution is -2.55. The average molecular weight is 340 g/mol. The second kappa shape index (κ2) is 6.85. The van der Waals surface area contributed by atoms with E-state index >= 15 is 0 Å². The lowest BCUT2D eigenvalue weighted by atomic mass is 9.93. The van der Waals surface area contributed by atoms with Crippen LogP contribution in [0.5, 0.6) is 0 Å². The van der Waals surface area contributed by atoms with Crippen LogP contribution >= 0.6 is 0 Å². The average Bonchev–Trinajstić information content (AvgIpc) is 3.03. The van der Waals surface area contributed by atoms with Crippen LogP contribution in [0.1, 0.15) is 20.3 Å². The van der Waals surface area contributed by atoms with Crippen molar-refractivity contribution in [1.29, 1.82) is 5.26 Å². The smallest absolute Gasteiger partial charge is 0.244 e. The summed E-state index contributed by atoms with van der Waals surface area (Å²) in [5, 5.41) is 9.13. The van der Waals surface area contributed by atoms with Crippen molar-refractivity contribution in [2.45, 2.75) is 26.3 Å². The molecule has 2 aliphatic rings. The minimum atomic E-state index is -0.991. The van der Waals surface area contributed by atoms with Crippen molar-refractivity contribution in [2.75, 3.05) is 37.6 Å². The Morgan fingerprint density at radius 2 is 1.76 bits per heavy atom. The van der Waals surface area contributed by atoms with Gasteiger partial charge >= 0.3 is 0 Å². The molecule has 1 aromatic rings. The Kier molecular flexibility index (Phi) is 4.78. The zero-order valence-corrected chi connectivity index (χ0v) is 14.8. The van der Waals surface area contributed by atoms with Crippen molar-refractivity contribution in [2.24, 2.45) is 5.41 Å². The topological polar surface area (TPSA) is 67.7 Å². The number of rotatable bonds is 3. The van der Waals surface area contributed by atoms with Gasteiger partial charge in [0.15, 0.2) is 0 Å². The fourth-order valence-electron chi connectivity index (χ4n) is 3.55. The highest BCUT2D eigenvalue weighted by atomic mass is 16.2. The van der Waals surface area contributed by atoms with Gasteiger partial charge in [-0.05, 0) is 32.4 Å². The number of para-hydroxylation sites is 1. The second-order valence-electron chi connectivity index (χ2n) is 7.19. The summed E-state index contributed by atoms with van der Waals surface area (Å²) in [6, 6.07) is 11.7. The molecule has 2 fully saturated rings. The van der Waals surface area contributed by atoms with Gasteiger partial charge < -0.3 is 9.80 Å². The van der Waals surface area contributed by atoms with Crippen LogP contribution in [-0.4, -0.2) is 60.4 Å². The summed E-state index contributed by atoms with van der Waals surface area (Å²) in [5.74, 6) is 0.0154. The van der Waals surface area contributed by atoms with Crippen LogP contribution in [0.4, 0.5) is 5.69 Å². The summed E-state index contributed by atoms with van der Waals surface area (Å²) in [5.41, 5.74) is -0.0466. The molecule has 132 valence electrons. The molecule has 0 saturated carbocycles. The molecular weight excluding hydrogens is 316 g/mol. The van der Waals surface area contributed by atoms with Gasteiger partial charge in [0.2, 0.25) is 11.8 Å². The van der Waals surface area contributed by atoms with Crippen molar-refractivity contribution in [3.8, 4) is 6.07 Å². The van der Waals surface area contributed by atoms with Gasteiger partial charge in [0.05, 0.1) is 12.1 Å². The number of carbonyl (C=O) groups is 2. The third-order valence-corrected chi connectivity index (χ3v) is 5.10. The van der Waals surface area contributed by atoms with Crippen LogP contribution in [0.25, 0.3) is 0 Å². The van der Waals surface area contributed by atoms with Gasteiger partial charge in [0.1, 0.15) is 5.41 Å². The van der Waals surface area contributed by atoms with E-state index in [1.54, 1.807) is 18.7 Å². The molecule has 6 nitrogen and oxygen atoms in total. The number of piperazine rings is 1. The molecule has 0 spiro atoms. The Hall–Kier alpha value is -2.39. The van der Waals surface area contributed by atoms with E-state index in [1.807, 2.05) is 35.2 Å². The molecule has 2 amide bonds. The molecule has 2 aliphatic heterocycles. The Balaban J connectivity index is 1.60. The van der Waals surface area contributed by atoms with Crippen molar-refractivity contribution in [3.05, 3.63) is 30.3 Å². The molecule has 0 radical (unpaired) electrons. The third kappa shape index (κ3) is 3.38. The summed E-state index contributed by atoms with van der Waals surface area (Å²) in [6.45, 7) is 6.52. The minimum Gasteiger partial charge on any atom is -0.339 e. The van der Waals surface area contributed by atoms with E-state index in [1.165, 1.54) is 0 Å². The maximum atomic E-state index is 12.8. The molecule has 0 N–H and O–H groups in total. The summed E-state index contributed by atoms with van der Waals surface area (Å²) in [7, 11) is 0. The predicted octanol–water partition coefficient (Wildman–Crippen LogP) is 1.49. The molecule has 6 heteroatoms. The molecule has 0 aliphatic carbocycles. The normalized spacial score (nSPS) is 22.1. The van der Waals surface area contributed by atoms with E-state index in [-0.39, 0.29) is 17.9 Å². The van der Waals surface area contributed by atoms with Crippen molar-refractivity contribution >= 4 is 17.5 Å². The fraction of sp³-hybridized carbons (Fsp3) is 0.526. The largest absolute Gasteiger partial charge is 0.339 e. The Morgan fingerprint density at radius 3 is 2.36 bits per heavy atom. The molecule has 1 aromatic carbocycles. The van der Waals surface area contributed by atoms with Gasteiger partial charge in [0, 0.05) is 38.4 Å². The standard InChI is InChI=1S/C19H24N4O2/c1-19(2,14-20)18(25)22-12-10-21(11-13-22)16-8-9-23(17(16)24)15-6-4-3-5-7-15/h3-7,16H,8-13H2,1-2H3. The van der Waals surface area contributed by atoms with Gasteiger partial charge in [-0.2, -0.15) is 5.26 Å². The van der Waals surface area contributed by atoms with Gasteiger partial charge in [-0.25, -0.2) is 0 Å². The van der Waals surface area contributed by atoms with Crippen LogP contribution in [-0.2, 0) is 9.59 Å². The van der Waals surface area contributed by atoms with E-state index in [0.29, 0.717) is 26.2 Å². The maximum absolute atomic E-state index is 12.8. The van der Waals surface area contributed by atoms with Crippen LogP contribution < -0.4 is 4.90 Å². The molecule has 25 heavy (non-hydrogen) atoms. The van der Waals surface area contributed by atoms with Crippen LogP contribution in [0.15, 0.2) is 30.3 Å². The highest BCUT2D eigenvalue weighted by Gasteiger charge is 2.39. The van der Waals surface area contributed by atoms with Gasteiger partial charge in [0.25, 0.3) is 0 Å². The molecule has 1 atom stereocenters. The number of hydrogen-bond acceptors (Lipinski definition) is 4. The Bertz CT molecular complexity index is 687. The molecule has 3 rings (SSSR count). The highest BCUT2D eigenvalue weighted by Crippen LogP contribution is 2.26. The summed E-state index contributed by atoms with van der Waals surface area (Å²) >= 11 is 0. The van der Waals surface area contributed by atoms with E-state index in [2.05, 4.69) is 11.0 Å². The van der Waals surface area contributed by atoms with Crippen LogP contribution in [0, 0.1) is 16.7 Å². The van der Waals surface area contributed by atoms with E-state index in [0.717, 1.165) is 18.7 Å². The number of hydrogen-bond donors (Lipinski definition) is 0. The highest BCUT2D eigenvalue weighted by molar-refractivity contribution is 5.99. The predicted molar refractivity (Wildman–Crippen MR) is 94.7 cm³/mol. The molecule has 2 saturated heterocycles. The lowest BCUT2D eigenvalue weighted by molar-refractivity contribution is -0.140. The zero-order valence-electron chi connectivity index (χ0n) is 14.8. The fourth-order valence-corrected chi connectivity index (χ4v) is 3.55. The lowest BCUT2D eigenvalue weighted by Gasteiger charge is -2.38. The first-order valence-electron chi connectivity index (χ1n) is 8.75. The second-order valence-corrected chi connectivity index (χ2v) is 7.19. The quantitative estimate of drug-likeness (QED) is 0.836. The molecule has 0 bridgehead atoms. The van der Waals surface area contributed by atoms with Gasteiger partial charge in [-0.1, -0.05) is 18.2 Å². The Labute approximate surface area is 148 Å². The Morgan fingerprint density at radius 1 is 1.12 bits per heavy atom. The summed E-state index contributed by atoms with van der Waals surface area (Å²) in [6.07, 6.45) is 0.811. The first-order chi connectivity index (χ1) is 11.9. The van der Waals surface area contributed by atoms with Crippen molar-refractivity contribution in [1.82, 2.24) is 9.80 Å². The van der Waals surface area contributed by atoms with E-state index in [9.17, 15) is 9.59 Å². The minimum absolute atomic E-state index is 0.110. The van der Waals surface area contributed by atoms with Crippen LogP contribution in [0.3, 0.4) is 0 Å². The van der Waals surface area contributed by atoms with Crippen molar-refractivity contribution in [3.63, 3.8) is 0 Å². The van der Waals surface area contributed by atoms with Gasteiger partial charge in [-0.15, -0.1) is 0 Å². The number of amides is 2. The number of anilines is 1. The number of nitrogens with zero attached hydrogens (tertiary/aromatic N) is 4. The number of nitriles is 1. The number of carbonyl (C=O) groups excluding carboxylic acids is 2. The molecular formula is C19H24N4O2. The molecule has 2 heterocycles. The molecule has 0 aromatic heterocycles.